The minimum absolute atomic E-state index is 0.0402. The van der Waals surface area contributed by atoms with Crippen LogP contribution < -0.4 is 5.32 Å². The molecule has 158 valence electrons. The van der Waals surface area contributed by atoms with Crippen LogP contribution in [0.2, 0.25) is 0 Å². The lowest BCUT2D eigenvalue weighted by atomic mass is 10.1. The molecule has 0 saturated heterocycles. The van der Waals surface area contributed by atoms with Gasteiger partial charge in [0.15, 0.2) is 0 Å². The summed E-state index contributed by atoms with van der Waals surface area (Å²) in [5.41, 5.74) is 2.38. The summed E-state index contributed by atoms with van der Waals surface area (Å²) in [6, 6.07) is 16.6. The Labute approximate surface area is 181 Å². The Morgan fingerprint density at radius 1 is 1.09 bits per heavy atom. The number of hydrogen-bond acceptors (Lipinski definition) is 5. The lowest BCUT2D eigenvalue weighted by Crippen LogP contribution is -2.09. The molecule has 0 aliphatic rings. The normalized spacial score (nSPS) is 10.9. The average Bonchev–Trinajstić information content (AvgIpc) is 3.23. The zero-order valence-corrected chi connectivity index (χ0v) is 16.6. The predicted octanol–water partition coefficient (Wildman–Crippen LogP) is 4.63. The van der Waals surface area contributed by atoms with Crippen LogP contribution in [0.1, 0.15) is 5.56 Å². The predicted molar refractivity (Wildman–Crippen MR) is 118 cm³/mol. The van der Waals surface area contributed by atoms with E-state index < -0.39 is 10.8 Å². The standard InChI is InChI=1S/C23H16FN5O3/c24-18-9-6-16(7-10-18)23-17(15-28(27-23)19-4-2-1-3-5-19)8-11-22(30)26-20-12-13-25-14-21(20)29(31)32/h1-15H,(H,25,26,30)/b11-8+. The van der Waals surface area contributed by atoms with E-state index in [2.05, 4.69) is 15.4 Å². The molecule has 0 saturated carbocycles. The first-order chi connectivity index (χ1) is 15.5. The summed E-state index contributed by atoms with van der Waals surface area (Å²) in [6.45, 7) is 0. The van der Waals surface area contributed by atoms with Crippen LogP contribution in [-0.4, -0.2) is 25.6 Å². The van der Waals surface area contributed by atoms with Crippen molar-refractivity contribution in [3.05, 3.63) is 107 Å². The van der Waals surface area contributed by atoms with Crippen LogP contribution >= 0.6 is 0 Å². The average molecular weight is 429 g/mol. The number of nitrogens with one attached hydrogen (secondary N) is 1. The first-order valence-electron chi connectivity index (χ1n) is 9.50. The van der Waals surface area contributed by atoms with Crippen molar-refractivity contribution >= 4 is 23.4 Å². The van der Waals surface area contributed by atoms with Crippen molar-refractivity contribution in [1.29, 1.82) is 0 Å². The zero-order chi connectivity index (χ0) is 22.5. The van der Waals surface area contributed by atoms with Gasteiger partial charge in [0.2, 0.25) is 5.91 Å². The minimum atomic E-state index is -0.622. The Kier molecular flexibility index (Phi) is 5.80. The number of para-hydroxylation sites is 1. The number of aromatic nitrogens is 3. The quantitative estimate of drug-likeness (QED) is 0.273. The molecule has 1 N–H and O–H groups in total. The maximum Gasteiger partial charge on any atom is 0.310 e. The molecule has 2 aromatic carbocycles. The van der Waals surface area contributed by atoms with Gasteiger partial charge in [0, 0.05) is 29.6 Å². The van der Waals surface area contributed by atoms with Gasteiger partial charge in [0.25, 0.3) is 0 Å². The van der Waals surface area contributed by atoms with E-state index in [1.54, 1.807) is 29.1 Å². The number of benzene rings is 2. The van der Waals surface area contributed by atoms with Gasteiger partial charge in [-0.3, -0.25) is 19.9 Å². The summed E-state index contributed by atoms with van der Waals surface area (Å²) in [4.78, 5) is 26.6. The van der Waals surface area contributed by atoms with Gasteiger partial charge in [0.1, 0.15) is 17.7 Å². The molecule has 9 heteroatoms. The molecule has 0 fully saturated rings. The fourth-order valence-electron chi connectivity index (χ4n) is 3.03. The van der Waals surface area contributed by atoms with E-state index in [0.717, 1.165) is 11.9 Å². The van der Waals surface area contributed by atoms with E-state index in [9.17, 15) is 19.3 Å². The van der Waals surface area contributed by atoms with Crippen LogP contribution in [0, 0.1) is 15.9 Å². The largest absolute Gasteiger partial charge is 0.317 e. The monoisotopic (exact) mass is 429 g/mol. The van der Waals surface area contributed by atoms with Crippen LogP contribution in [0.25, 0.3) is 23.0 Å². The highest BCUT2D eigenvalue weighted by atomic mass is 19.1. The van der Waals surface area contributed by atoms with Crippen LogP contribution in [-0.2, 0) is 4.79 Å². The van der Waals surface area contributed by atoms with Crippen LogP contribution in [0.5, 0.6) is 0 Å². The first kappa shape index (κ1) is 20.6. The highest BCUT2D eigenvalue weighted by molar-refractivity contribution is 6.03. The lowest BCUT2D eigenvalue weighted by Gasteiger charge is -2.02. The topological polar surface area (TPSA) is 103 Å². The van der Waals surface area contributed by atoms with E-state index in [4.69, 9.17) is 0 Å². The number of carbonyl (C=O) groups is 1. The number of hydrogen-bond donors (Lipinski definition) is 1. The number of nitro groups is 1. The van der Waals surface area contributed by atoms with E-state index in [-0.39, 0.29) is 17.2 Å². The fraction of sp³-hybridized carbons (Fsp3) is 0. The molecule has 2 aromatic heterocycles. The second kappa shape index (κ2) is 9.00. The first-order valence-corrected chi connectivity index (χ1v) is 9.50. The van der Waals surface area contributed by atoms with Gasteiger partial charge in [-0.05, 0) is 48.5 Å². The summed E-state index contributed by atoms with van der Waals surface area (Å²) >= 11 is 0. The molecule has 0 aliphatic heterocycles. The number of rotatable bonds is 6. The molecule has 0 unspecified atom stereocenters. The molecule has 2 heterocycles. The maximum absolute atomic E-state index is 13.4. The van der Waals surface area contributed by atoms with E-state index in [1.165, 1.54) is 30.5 Å². The maximum atomic E-state index is 13.4. The van der Waals surface area contributed by atoms with E-state index in [1.807, 2.05) is 30.3 Å². The van der Waals surface area contributed by atoms with Crippen molar-refractivity contribution in [2.45, 2.75) is 0 Å². The summed E-state index contributed by atoms with van der Waals surface area (Å²) in [5, 5.41) is 18.2. The number of carbonyl (C=O) groups excluding carboxylic acids is 1. The zero-order valence-electron chi connectivity index (χ0n) is 16.6. The number of halogens is 1. The highest BCUT2D eigenvalue weighted by Crippen LogP contribution is 2.26. The number of nitrogens with zero attached hydrogens (tertiary/aromatic N) is 4. The van der Waals surface area contributed by atoms with Crippen molar-refractivity contribution in [2.24, 2.45) is 0 Å². The van der Waals surface area contributed by atoms with Gasteiger partial charge in [-0.2, -0.15) is 5.10 Å². The number of anilines is 1. The Morgan fingerprint density at radius 2 is 1.84 bits per heavy atom. The van der Waals surface area contributed by atoms with E-state index >= 15 is 0 Å². The minimum Gasteiger partial charge on any atom is -0.317 e. The smallest absolute Gasteiger partial charge is 0.310 e. The van der Waals surface area contributed by atoms with Gasteiger partial charge in [0.05, 0.1) is 16.3 Å². The number of pyridine rings is 1. The lowest BCUT2D eigenvalue weighted by molar-refractivity contribution is -0.384. The third-order valence-corrected chi connectivity index (χ3v) is 4.55. The highest BCUT2D eigenvalue weighted by Gasteiger charge is 2.15. The molecule has 4 aromatic rings. The third kappa shape index (κ3) is 4.57. The molecule has 4 rings (SSSR count). The molecular weight excluding hydrogens is 413 g/mol. The molecule has 0 bridgehead atoms. The summed E-state index contributed by atoms with van der Waals surface area (Å²) in [7, 11) is 0. The third-order valence-electron chi connectivity index (χ3n) is 4.55. The van der Waals surface area contributed by atoms with Crippen molar-refractivity contribution in [1.82, 2.24) is 14.8 Å². The van der Waals surface area contributed by atoms with Crippen molar-refractivity contribution in [2.75, 3.05) is 5.32 Å². The Morgan fingerprint density at radius 3 is 2.56 bits per heavy atom. The molecule has 32 heavy (non-hydrogen) atoms. The second-order valence-electron chi connectivity index (χ2n) is 6.69. The fourth-order valence-corrected chi connectivity index (χ4v) is 3.03. The van der Waals surface area contributed by atoms with E-state index in [0.29, 0.717) is 16.8 Å². The van der Waals surface area contributed by atoms with Crippen molar-refractivity contribution < 1.29 is 14.1 Å². The van der Waals surface area contributed by atoms with Crippen molar-refractivity contribution in [3.63, 3.8) is 0 Å². The molecule has 0 atom stereocenters. The second-order valence-corrected chi connectivity index (χ2v) is 6.69. The molecule has 0 radical (unpaired) electrons. The summed E-state index contributed by atoms with van der Waals surface area (Å²) < 4.78 is 15.0. The molecular formula is C23H16FN5O3. The molecule has 1 amide bonds. The van der Waals surface area contributed by atoms with Gasteiger partial charge < -0.3 is 5.32 Å². The SMILES string of the molecule is O=C(/C=C/c1cn(-c2ccccc2)nc1-c1ccc(F)cc1)Nc1ccncc1[N+](=O)[O-]. The van der Waals surface area contributed by atoms with Gasteiger partial charge >= 0.3 is 5.69 Å². The Balaban J connectivity index is 1.65. The van der Waals surface area contributed by atoms with Gasteiger partial charge in [-0.1, -0.05) is 18.2 Å². The molecule has 0 spiro atoms. The van der Waals surface area contributed by atoms with Gasteiger partial charge in [-0.25, -0.2) is 9.07 Å². The van der Waals surface area contributed by atoms with Crippen LogP contribution in [0.15, 0.2) is 85.3 Å². The summed E-state index contributed by atoms with van der Waals surface area (Å²) in [6.07, 6.45) is 6.96. The number of amides is 1. The Hall–Kier alpha value is -4.66. The Bertz CT molecular complexity index is 1300. The van der Waals surface area contributed by atoms with Gasteiger partial charge in [-0.15, -0.1) is 0 Å². The van der Waals surface area contributed by atoms with Crippen LogP contribution in [0.4, 0.5) is 15.8 Å². The molecule has 8 nitrogen and oxygen atoms in total. The van der Waals surface area contributed by atoms with Crippen LogP contribution in [0.3, 0.4) is 0 Å². The van der Waals surface area contributed by atoms with Crippen molar-refractivity contribution in [3.8, 4) is 16.9 Å². The summed E-state index contributed by atoms with van der Waals surface area (Å²) in [5.74, 6) is -0.927. The molecule has 0 aliphatic carbocycles.